The van der Waals surface area contributed by atoms with Gasteiger partial charge >= 0.3 is 0 Å². The minimum atomic E-state index is 0.809. The number of aromatic nitrogens is 2. The van der Waals surface area contributed by atoms with Crippen LogP contribution in [-0.2, 0) is 11.3 Å². The number of nitrogens with one attached hydrogen (secondary N) is 2. The lowest BCUT2D eigenvalue weighted by Gasteiger charge is -2.12. The average Bonchev–Trinajstić information content (AvgIpc) is 3.01. The van der Waals surface area contributed by atoms with Gasteiger partial charge in [-0.1, -0.05) is 13.3 Å². The van der Waals surface area contributed by atoms with Gasteiger partial charge in [-0.2, -0.15) is 5.10 Å². The molecule has 0 radical (unpaired) electrons. The highest BCUT2D eigenvalue weighted by atomic mass is 16.5. The second-order valence-corrected chi connectivity index (χ2v) is 4.87. The van der Waals surface area contributed by atoms with Gasteiger partial charge in [-0.15, -0.1) is 0 Å². The minimum absolute atomic E-state index is 0.809. The summed E-state index contributed by atoms with van der Waals surface area (Å²) in [5.41, 5.74) is 0. The zero-order chi connectivity index (χ0) is 15.2. The third-order valence-electron chi connectivity index (χ3n) is 3.04. The fourth-order valence-corrected chi connectivity index (χ4v) is 1.83. The number of ether oxygens (including phenoxy) is 1. The van der Waals surface area contributed by atoms with E-state index in [1.807, 2.05) is 16.9 Å². The highest BCUT2D eigenvalue weighted by Gasteiger charge is 1.97. The van der Waals surface area contributed by atoms with Gasteiger partial charge in [0.1, 0.15) is 0 Å². The molecular weight excluding hydrogens is 266 g/mol. The molecule has 0 saturated heterocycles. The Labute approximate surface area is 128 Å². The molecule has 21 heavy (non-hydrogen) atoms. The maximum absolute atomic E-state index is 5.52. The van der Waals surface area contributed by atoms with Crippen LogP contribution in [0.3, 0.4) is 0 Å². The van der Waals surface area contributed by atoms with E-state index >= 15 is 0 Å². The average molecular weight is 295 g/mol. The first-order valence-electron chi connectivity index (χ1n) is 7.86. The highest BCUT2D eigenvalue weighted by molar-refractivity contribution is 5.79. The first-order chi connectivity index (χ1) is 10.4. The maximum Gasteiger partial charge on any atom is 0.190 e. The summed E-state index contributed by atoms with van der Waals surface area (Å²) in [6.07, 6.45) is 8.13. The molecule has 0 aliphatic rings. The topological polar surface area (TPSA) is 63.5 Å². The van der Waals surface area contributed by atoms with Gasteiger partial charge in [-0.05, 0) is 25.3 Å². The fraction of sp³-hybridized carbons (Fsp3) is 0.733. The van der Waals surface area contributed by atoms with Crippen molar-refractivity contribution in [2.45, 2.75) is 39.2 Å². The number of rotatable bonds is 11. The molecule has 2 N–H and O–H groups in total. The van der Waals surface area contributed by atoms with Gasteiger partial charge in [0.2, 0.25) is 0 Å². The van der Waals surface area contributed by atoms with Crippen LogP contribution in [0.4, 0.5) is 0 Å². The third kappa shape index (κ3) is 9.07. The van der Waals surface area contributed by atoms with Crippen molar-refractivity contribution in [2.75, 3.05) is 33.4 Å². The second-order valence-electron chi connectivity index (χ2n) is 4.87. The van der Waals surface area contributed by atoms with E-state index in [0.29, 0.717) is 0 Å². The molecule has 0 aliphatic carbocycles. The maximum atomic E-state index is 5.52. The van der Waals surface area contributed by atoms with Gasteiger partial charge < -0.3 is 15.4 Å². The molecule has 6 heteroatoms. The summed E-state index contributed by atoms with van der Waals surface area (Å²) in [4.78, 5) is 4.20. The van der Waals surface area contributed by atoms with Crippen LogP contribution in [0.1, 0.15) is 32.6 Å². The summed E-state index contributed by atoms with van der Waals surface area (Å²) < 4.78 is 7.46. The van der Waals surface area contributed by atoms with Crippen LogP contribution in [0.5, 0.6) is 0 Å². The molecule has 1 aromatic rings. The van der Waals surface area contributed by atoms with E-state index in [0.717, 1.165) is 58.1 Å². The van der Waals surface area contributed by atoms with Crippen LogP contribution in [0, 0.1) is 0 Å². The molecule has 1 aromatic heterocycles. The standard InChI is InChI=1S/C15H29N5O/c1-3-4-13-21-14-7-9-18-15(16-2)17-8-5-11-20-12-6-10-19-20/h6,10,12H,3-5,7-9,11,13-14H2,1-2H3,(H2,16,17,18). The van der Waals surface area contributed by atoms with Crippen molar-refractivity contribution in [1.29, 1.82) is 0 Å². The van der Waals surface area contributed by atoms with Gasteiger partial charge in [-0.25, -0.2) is 0 Å². The SMILES string of the molecule is CCCCOCCCNC(=NC)NCCCn1cccn1. The van der Waals surface area contributed by atoms with Crippen molar-refractivity contribution < 1.29 is 4.74 Å². The van der Waals surface area contributed by atoms with Crippen molar-refractivity contribution >= 4 is 5.96 Å². The van der Waals surface area contributed by atoms with E-state index in [4.69, 9.17) is 4.74 Å². The third-order valence-corrected chi connectivity index (χ3v) is 3.04. The molecular formula is C15H29N5O. The number of hydrogen-bond donors (Lipinski definition) is 2. The van der Waals surface area contributed by atoms with Gasteiger partial charge in [0.25, 0.3) is 0 Å². The van der Waals surface area contributed by atoms with Gasteiger partial charge in [0, 0.05) is 52.3 Å². The highest BCUT2D eigenvalue weighted by Crippen LogP contribution is 1.90. The van der Waals surface area contributed by atoms with Crippen LogP contribution in [0.2, 0.25) is 0 Å². The monoisotopic (exact) mass is 295 g/mol. The first kappa shape index (κ1) is 17.5. The van der Waals surface area contributed by atoms with Crippen LogP contribution < -0.4 is 10.6 Å². The Bertz CT molecular complexity index is 364. The number of aliphatic imine (C=N–C) groups is 1. The first-order valence-corrected chi connectivity index (χ1v) is 7.86. The Morgan fingerprint density at radius 2 is 1.95 bits per heavy atom. The molecule has 0 amide bonds. The van der Waals surface area contributed by atoms with Crippen molar-refractivity contribution in [3.8, 4) is 0 Å². The Hall–Kier alpha value is -1.56. The molecule has 0 atom stereocenters. The largest absolute Gasteiger partial charge is 0.381 e. The Morgan fingerprint density at radius 1 is 1.19 bits per heavy atom. The van der Waals surface area contributed by atoms with Gasteiger partial charge in [0.15, 0.2) is 5.96 Å². The smallest absolute Gasteiger partial charge is 0.190 e. The van der Waals surface area contributed by atoms with E-state index in [2.05, 4.69) is 27.6 Å². The number of guanidine groups is 1. The molecule has 0 aromatic carbocycles. The van der Waals surface area contributed by atoms with E-state index in [-0.39, 0.29) is 0 Å². The van der Waals surface area contributed by atoms with Gasteiger partial charge in [0.05, 0.1) is 0 Å². The lowest BCUT2D eigenvalue weighted by Crippen LogP contribution is -2.38. The summed E-state index contributed by atoms with van der Waals surface area (Å²) in [6.45, 7) is 6.53. The van der Waals surface area contributed by atoms with Gasteiger partial charge in [-0.3, -0.25) is 9.67 Å². The molecule has 1 heterocycles. The lowest BCUT2D eigenvalue weighted by atomic mass is 10.4. The zero-order valence-corrected chi connectivity index (χ0v) is 13.3. The van der Waals surface area contributed by atoms with Crippen molar-refractivity contribution in [3.05, 3.63) is 18.5 Å². The molecule has 0 unspecified atom stereocenters. The van der Waals surface area contributed by atoms with E-state index in [1.165, 1.54) is 6.42 Å². The van der Waals surface area contributed by atoms with Crippen LogP contribution in [0.15, 0.2) is 23.5 Å². The number of unbranched alkanes of at least 4 members (excludes halogenated alkanes) is 1. The molecule has 0 fully saturated rings. The Morgan fingerprint density at radius 3 is 2.62 bits per heavy atom. The normalized spacial score (nSPS) is 11.6. The number of hydrogen-bond acceptors (Lipinski definition) is 3. The summed E-state index contributed by atoms with van der Waals surface area (Å²) >= 11 is 0. The predicted octanol–water partition coefficient (Wildman–Crippen LogP) is 1.64. The predicted molar refractivity (Wildman–Crippen MR) is 86.6 cm³/mol. The molecule has 0 bridgehead atoms. The minimum Gasteiger partial charge on any atom is -0.381 e. The van der Waals surface area contributed by atoms with E-state index in [1.54, 1.807) is 13.2 Å². The number of nitrogens with zero attached hydrogens (tertiary/aromatic N) is 3. The summed E-state index contributed by atoms with van der Waals surface area (Å²) in [5.74, 6) is 0.851. The fourth-order valence-electron chi connectivity index (χ4n) is 1.83. The van der Waals surface area contributed by atoms with Crippen molar-refractivity contribution in [2.24, 2.45) is 4.99 Å². The molecule has 1 rings (SSSR count). The van der Waals surface area contributed by atoms with Crippen LogP contribution in [0.25, 0.3) is 0 Å². The van der Waals surface area contributed by atoms with Crippen LogP contribution in [-0.4, -0.2) is 49.1 Å². The summed E-state index contributed by atoms with van der Waals surface area (Å²) in [7, 11) is 1.79. The quantitative estimate of drug-likeness (QED) is 0.370. The van der Waals surface area contributed by atoms with Crippen molar-refractivity contribution in [1.82, 2.24) is 20.4 Å². The lowest BCUT2D eigenvalue weighted by molar-refractivity contribution is 0.129. The zero-order valence-electron chi connectivity index (χ0n) is 13.3. The molecule has 0 aliphatic heterocycles. The van der Waals surface area contributed by atoms with E-state index < -0.39 is 0 Å². The molecule has 120 valence electrons. The van der Waals surface area contributed by atoms with Crippen LogP contribution >= 0.6 is 0 Å². The summed E-state index contributed by atoms with van der Waals surface area (Å²) in [6, 6.07) is 1.94. The summed E-state index contributed by atoms with van der Waals surface area (Å²) in [5, 5.41) is 10.8. The van der Waals surface area contributed by atoms with E-state index in [9.17, 15) is 0 Å². The molecule has 6 nitrogen and oxygen atoms in total. The Kier molecular flexibility index (Phi) is 10.2. The molecule has 0 spiro atoms. The second kappa shape index (κ2) is 12.2. The van der Waals surface area contributed by atoms with Crippen molar-refractivity contribution in [3.63, 3.8) is 0 Å². The number of aryl methyl sites for hydroxylation is 1. The molecule has 0 saturated carbocycles. The Balaban J connectivity index is 1.96.